The molecule has 0 aliphatic rings. The van der Waals surface area contributed by atoms with Crippen LogP contribution < -0.4 is 4.74 Å². The van der Waals surface area contributed by atoms with Gasteiger partial charge in [-0.15, -0.1) is 0 Å². The van der Waals surface area contributed by atoms with E-state index in [9.17, 15) is 0 Å². The van der Waals surface area contributed by atoms with E-state index in [1.165, 1.54) is 5.56 Å². The molecule has 0 aliphatic carbocycles. The normalized spacial score (nSPS) is 11.1. The predicted octanol–water partition coefficient (Wildman–Crippen LogP) is 6.15. The van der Waals surface area contributed by atoms with E-state index in [0.29, 0.717) is 22.4 Å². The monoisotopic (exact) mass is 335 g/mol. The van der Waals surface area contributed by atoms with Crippen molar-refractivity contribution in [3.05, 3.63) is 57.1 Å². The lowest BCUT2D eigenvalue weighted by Crippen LogP contribution is -1.97. The second-order valence-electron chi connectivity index (χ2n) is 5.21. The van der Waals surface area contributed by atoms with E-state index in [4.69, 9.17) is 27.9 Å². The average molecular weight is 336 g/mol. The number of hydrogen-bond acceptors (Lipinski definition) is 2. The summed E-state index contributed by atoms with van der Waals surface area (Å²) in [6, 6.07) is 9.77. The summed E-state index contributed by atoms with van der Waals surface area (Å²) in [5.74, 6) is 0.536. The molecule has 0 saturated carbocycles. The Balaban J connectivity index is 2.24. The van der Waals surface area contributed by atoms with E-state index in [-0.39, 0.29) is 0 Å². The molecular weight excluding hydrogens is 317 g/mol. The highest BCUT2D eigenvalue weighted by Gasteiger charge is 2.08. The molecule has 0 radical (unpaired) electrons. The van der Waals surface area contributed by atoms with Crippen LogP contribution in [0, 0.1) is 13.8 Å². The fourth-order valence-electron chi connectivity index (χ4n) is 2.09. The van der Waals surface area contributed by atoms with Gasteiger partial charge in [-0.1, -0.05) is 47.8 Å². The fourth-order valence-corrected chi connectivity index (χ4v) is 2.70. The number of hydrogen-bond donors (Lipinski definition) is 0. The number of benzene rings is 2. The standard InChI is InChI=1S/C18H19Cl2NO/c1-4-7-22-18-15(19)9-14(10-16(18)20)11-21-17-6-5-12(2)8-13(17)3/h5-6,8-11H,4,7H2,1-3H3. The first-order valence-corrected chi connectivity index (χ1v) is 8.00. The highest BCUT2D eigenvalue weighted by molar-refractivity contribution is 6.37. The van der Waals surface area contributed by atoms with Crippen molar-refractivity contribution in [1.29, 1.82) is 0 Å². The lowest BCUT2D eigenvalue weighted by Gasteiger charge is -2.09. The van der Waals surface area contributed by atoms with Crippen molar-refractivity contribution >= 4 is 35.1 Å². The Morgan fingerprint density at radius 2 is 1.77 bits per heavy atom. The van der Waals surface area contributed by atoms with Gasteiger partial charge < -0.3 is 4.74 Å². The molecule has 0 spiro atoms. The third-order valence-corrected chi connectivity index (χ3v) is 3.74. The minimum Gasteiger partial charge on any atom is -0.490 e. The van der Waals surface area contributed by atoms with Crippen LogP contribution in [0.5, 0.6) is 5.75 Å². The third-order valence-electron chi connectivity index (χ3n) is 3.18. The van der Waals surface area contributed by atoms with Gasteiger partial charge in [-0.3, -0.25) is 4.99 Å². The van der Waals surface area contributed by atoms with Crippen LogP contribution in [-0.2, 0) is 0 Å². The van der Waals surface area contributed by atoms with Crippen molar-refractivity contribution < 1.29 is 4.74 Å². The third kappa shape index (κ3) is 4.25. The molecule has 2 nitrogen and oxygen atoms in total. The average Bonchev–Trinajstić information content (AvgIpc) is 2.45. The molecule has 0 saturated heterocycles. The van der Waals surface area contributed by atoms with Crippen LogP contribution in [0.2, 0.25) is 10.0 Å². The van der Waals surface area contributed by atoms with E-state index >= 15 is 0 Å². The maximum absolute atomic E-state index is 6.23. The topological polar surface area (TPSA) is 21.6 Å². The molecule has 0 N–H and O–H groups in total. The zero-order valence-electron chi connectivity index (χ0n) is 13.0. The number of aliphatic imine (C=N–C) groups is 1. The van der Waals surface area contributed by atoms with Crippen LogP contribution in [0.1, 0.15) is 30.0 Å². The quantitative estimate of drug-likeness (QED) is 0.600. The van der Waals surface area contributed by atoms with Gasteiger partial charge in [0, 0.05) is 6.21 Å². The molecule has 2 aromatic carbocycles. The Bertz CT molecular complexity index is 672. The minimum atomic E-state index is 0.503. The van der Waals surface area contributed by atoms with E-state index in [1.54, 1.807) is 6.21 Å². The fraction of sp³-hybridized carbons (Fsp3) is 0.278. The van der Waals surface area contributed by atoms with Gasteiger partial charge in [0.25, 0.3) is 0 Å². The van der Waals surface area contributed by atoms with Crippen molar-refractivity contribution in [3.63, 3.8) is 0 Å². The molecule has 0 bridgehead atoms. The first kappa shape index (κ1) is 16.9. The van der Waals surface area contributed by atoms with Gasteiger partial charge >= 0.3 is 0 Å². The molecular formula is C18H19Cl2NO. The van der Waals surface area contributed by atoms with Crippen LogP contribution >= 0.6 is 23.2 Å². The van der Waals surface area contributed by atoms with Gasteiger partial charge in [-0.05, 0) is 49.6 Å². The van der Waals surface area contributed by atoms with Gasteiger partial charge in [-0.2, -0.15) is 0 Å². The Kier molecular flexibility index (Phi) is 5.87. The van der Waals surface area contributed by atoms with E-state index in [2.05, 4.69) is 18.0 Å². The second kappa shape index (κ2) is 7.66. The summed E-state index contributed by atoms with van der Waals surface area (Å²) >= 11 is 12.5. The lowest BCUT2D eigenvalue weighted by molar-refractivity contribution is 0.318. The summed E-state index contributed by atoms with van der Waals surface area (Å²) in [4.78, 5) is 4.51. The van der Waals surface area contributed by atoms with E-state index < -0.39 is 0 Å². The van der Waals surface area contributed by atoms with Crippen LogP contribution in [0.25, 0.3) is 0 Å². The number of nitrogens with zero attached hydrogens (tertiary/aromatic N) is 1. The summed E-state index contributed by atoms with van der Waals surface area (Å²) in [6.45, 7) is 6.73. The molecule has 0 atom stereocenters. The number of aryl methyl sites for hydroxylation is 2. The summed E-state index contributed by atoms with van der Waals surface area (Å²) in [5.41, 5.74) is 4.14. The molecule has 116 valence electrons. The number of ether oxygens (including phenoxy) is 1. The Morgan fingerprint density at radius 3 is 2.36 bits per heavy atom. The van der Waals surface area contributed by atoms with E-state index in [0.717, 1.165) is 23.2 Å². The second-order valence-corrected chi connectivity index (χ2v) is 6.02. The van der Waals surface area contributed by atoms with Crippen molar-refractivity contribution in [1.82, 2.24) is 0 Å². The maximum Gasteiger partial charge on any atom is 0.156 e. The summed E-state index contributed by atoms with van der Waals surface area (Å²) in [7, 11) is 0. The van der Waals surface area contributed by atoms with Gasteiger partial charge in [0.2, 0.25) is 0 Å². The maximum atomic E-state index is 6.23. The predicted molar refractivity (Wildman–Crippen MR) is 95.4 cm³/mol. The molecule has 22 heavy (non-hydrogen) atoms. The van der Waals surface area contributed by atoms with Gasteiger partial charge in [-0.25, -0.2) is 0 Å². The number of halogens is 2. The van der Waals surface area contributed by atoms with Crippen molar-refractivity contribution in [2.75, 3.05) is 6.61 Å². The van der Waals surface area contributed by atoms with Crippen LogP contribution in [0.15, 0.2) is 35.3 Å². The van der Waals surface area contributed by atoms with E-state index in [1.807, 2.05) is 38.1 Å². The van der Waals surface area contributed by atoms with Crippen molar-refractivity contribution in [2.24, 2.45) is 4.99 Å². The van der Waals surface area contributed by atoms with Crippen LogP contribution in [0.4, 0.5) is 5.69 Å². The first-order chi connectivity index (χ1) is 10.5. The zero-order chi connectivity index (χ0) is 16.1. The van der Waals surface area contributed by atoms with Crippen molar-refractivity contribution in [3.8, 4) is 5.75 Å². The molecule has 0 aliphatic heterocycles. The molecule has 2 rings (SSSR count). The largest absolute Gasteiger partial charge is 0.490 e. The van der Waals surface area contributed by atoms with Crippen LogP contribution in [0.3, 0.4) is 0 Å². The first-order valence-electron chi connectivity index (χ1n) is 7.24. The van der Waals surface area contributed by atoms with Gasteiger partial charge in [0.15, 0.2) is 5.75 Å². The van der Waals surface area contributed by atoms with Gasteiger partial charge in [0.1, 0.15) is 0 Å². The summed E-state index contributed by atoms with van der Waals surface area (Å²) in [6.07, 6.45) is 2.67. The highest BCUT2D eigenvalue weighted by Crippen LogP contribution is 2.34. The van der Waals surface area contributed by atoms with Crippen molar-refractivity contribution in [2.45, 2.75) is 27.2 Å². The molecule has 0 amide bonds. The SMILES string of the molecule is CCCOc1c(Cl)cc(C=Nc2ccc(C)cc2C)cc1Cl. The zero-order valence-corrected chi connectivity index (χ0v) is 14.5. The lowest BCUT2D eigenvalue weighted by atomic mass is 10.1. The molecule has 2 aromatic rings. The Hall–Kier alpha value is -1.51. The summed E-state index contributed by atoms with van der Waals surface area (Å²) in [5, 5.41) is 1.01. The minimum absolute atomic E-state index is 0.503. The number of rotatable bonds is 5. The molecule has 4 heteroatoms. The molecule has 0 fully saturated rings. The Labute approximate surface area is 141 Å². The molecule has 0 aromatic heterocycles. The van der Waals surface area contributed by atoms with Crippen LogP contribution in [-0.4, -0.2) is 12.8 Å². The molecule has 0 unspecified atom stereocenters. The molecule has 0 heterocycles. The highest BCUT2D eigenvalue weighted by atomic mass is 35.5. The summed E-state index contributed by atoms with van der Waals surface area (Å²) < 4.78 is 5.56. The smallest absolute Gasteiger partial charge is 0.156 e. The van der Waals surface area contributed by atoms with Gasteiger partial charge in [0.05, 0.1) is 22.3 Å². The Morgan fingerprint density at radius 1 is 1.09 bits per heavy atom.